The minimum absolute atomic E-state index is 0.254. The lowest BCUT2D eigenvalue weighted by Gasteiger charge is -2.11. The minimum atomic E-state index is 0.254. The number of para-hydroxylation sites is 1. The van der Waals surface area contributed by atoms with E-state index in [1.165, 1.54) is 0 Å². The second-order valence-electron chi connectivity index (χ2n) is 3.80. The van der Waals surface area contributed by atoms with Crippen LogP contribution in [0.4, 0.5) is 5.69 Å². The quantitative estimate of drug-likeness (QED) is 0.689. The lowest BCUT2D eigenvalue weighted by Crippen LogP contribution is -2.07. The lowest BCUT2D eigenvalue weighted by atomic mass is 10.1. The Labute approximate surface area is 84.4 Å². The van der Waals surface area contributed by atoms with Crippen LogP contribution in [-0.4, -0.2) is 6.10 Å². The fraction of sp³-hybridized carbons (Fsp3) is 0.333. The van der Waals surface area contributed by atoms with Crippen LogP contribution in [0, 0.1) is 5.92 Å². The second kappa shape index (κ2) is 3.37. The van der Waals surface area contributed by atoms with Crippen LogP contribution in [-0.2, 0) is 4.74 Å². The molecule has 0 saturated carbocycles. The Morgan fingerprint density at radius 1 is 1.21 bits per heavy atom. The van der Waals surface area contributed by atoms with Crippen molar-refractivity contribution in [2.75, 3.05) is 5.73 Å². The maximum Gasteiger partial charge on any atom is 0.125 e. The van der Waals surface area contributed by atoms with Crippen molar-refractivity contribution in [1.29, 1.82) is 0 Å². The van der Waals surface area contributed by atoms with Crippen molar-refractivity contribution in [2.24, 2.45) is 5.92 Å². The number of hydrogen-bond acceptors (Lipinski definition) is 2. The van der Waals surface area contributed by atoms with Crippen molar-refractivity contribution in [3.63, 3.8) is 0 Å². The highest BCUT2D eigenvalue weighted by Gasteiger charge is 2.22. The van der Waals surface area contributed by atoms with E-state index in [9.17, 15) is 0 Å². The molecule has 1 aliphatic rings. The van der Waals surface area contributed by atoms with Crippen LogP contribution in [0.2, 0.25) is 0 Å². The number of benzene rings is 1. The first-order chi connectivity index (χ1) is 6.68. The predicted molar refractivity (Wildman–Crippen MR) is 58.5 cm³/mol. The molecule has 2 atom stereocenters. The van der Waals surface area contributed by atoms with Gasteiger partial charge in [0.05, 0.1) is 0 Å². The number of rotatable bonds is 1. The smallest absolute Gasteiger partial charge is 0.125 e. The van der Waals surface area contributed by atoms with Crippen LogP contribution >= 0.6 is 0 Å². The summed E-state index contributed by atoms with van der Waals surface area (Å²) in [5.74, 6) is 1.38. The van der Waals surface area contributed by atoms with Gasteiger partial charge >= 0.3 is 0 Å². The van der Waals surface area contributed by atoms with E-state index in [4.69, 9.17) is 10.5 Å². The molecule has 0 bridgehead atoms. The summed E-state index contributed by atoms with van der Waals surface area (Å²) in [6, 6.07) is 7.80. The van der Waals surface area contributed by atoms with Gasteiger partial charge in [-0.1, -0.05) is 19.1 Å². The average Bonchev–Trinajstić information content (AvgIpc) is 2.48. The molecule has 2 nitrogen and oxygen atoms in total. The zero-order valence-corrected chi connectivity index (χ0v) is 8.53. The van der Waals surface area contributed by atoms with Crippen molar-refractivity contribution in [2.45, 2.75) is 20.0 Å². The molecule has 14 heavy (non-hydrogen) atoms. The average molecular weight is 189 g/mol. The maximum atomic E-state index is 5.87. The summed E-state index contributed by atoms with van der Waals surface area (Å²) < 4.78 is 5.72. The maximum absolute atomic E-state index is 5.87. The van der Waals surface area contributed by atoms with E-state index in [-0.39, 0.29) is 6.10 Å². The standard InChI is InChI=1S/C12H15NO/c1-8-7-12(14-9(8)2)10-5-3-4-6-11(10)13/h3-9H,13H2,1-2H3/t8?,9-/m0/s1. The number of hydrogen-bond donors (Lipinski definition) is 1. The van der Waals surface area contributed by atoms with E-state index < -0.39 is 0 Å². The van der Waals surface area contributed by atoms with Gasteiger partial charge in [0, 0.05) is 17.2 Å². The Morgan fingerprint density at radius 2 is 1.93 bits per heavy atom. The summed E-state index contributed by atoms with van der Waals surface area (Å²) in [4.78, 5) is 0. The topological polar surface area (TPSA) is 35.2 Å². The van der Waals surface area contributed by atoms with E-state index in [0.717, 1.165) is 17.0 Å². The molecule has 1 aromatic rings. The molecule has 74 valence electrons. The molecule has 0 aliphatic carbocycles. The first-order valence-electron chi connectivity index (χ1n) is 4.92. The lowest BCUT2D eigenvalue weighted by molar-refractivity contribution is 0.177. The second-order valence-corrected chi connectivity index (χ2v) is 3.80. The molecule has 0 saturated heterocycles. The molecule has 0 aromatic heterocycles. The van der Waals surface area contributed by atoms with Gasteiger partial charge < -0.3 is 10.5 Å². The molecular formula is C12H15NO. The Balaban J connectivity index is 2.34. The molecular weight excluding hydrogens is 174 g/mol. The zero-order chi connectivity index (χ0) is 10.1. The molecule has 2 N–H and O–H groups in total. The number of nitrogens with two attached hydrogens (primary N) is 1. The van der Waals surface area contributed by atoms with Gasteiger partial charge in [-0.25, -0.2) is 0 Å². The van der Waals surface area contributed by atoms with E-state index in [1.54, 1.807) is 0 Å². The highest BCUT2D eigenvalue weighted by molar-refractivity contribution is 5.72. The SMILES string of the molecule is CC1C=C(c2ccccc2N)O[C@H]1C. The minimum Gasteiger partial charge on any atom is -0.490 e. The Bertz CT molecular complexity index is 370. The third kappa shape index (κ3) is 1.48. The van der Waals surface area contributed by atoms with Crippen molar-refractivity contribution in [3.8, 4) is 0 Å². The Hall–Kier alpha value is -1.44. The van der Waals surface area contributed by atoms with E-state index in [1.807, 2.05) is 24.3 Å². The largest absolute Gasteiger partial charge is 0.490 e. The highest BCUT2D eigenvalue weighted by atomic mass is 16.5. The molecule has 1 unspecified atom stereocenters. The molecule has 0 radical (unpaired) electrons. The summed E-state index contributed by atoms with van der Waals surface area (Å²) in [5.41, 5.74) is 7.65. The normalized spacial score (nSPS) is 25.7. The molecule has 2 rings (SSSR count). The van der Waals surface area contributed by atoms with Gasteiger partial charge in [-0.2, -0.15) is 0 Å². The summed E-state index contributed by atoms with van der Waals surface area (Å²) in [6.45, 7) is 4.23. The molecule has 2 heteroatoms. The Kier molecular flexibility index (Phi) is 2.20. The van der Waals surface area contributed by atoms with Gasteiger partial charge in [-0.15, -0.1) is 0 Å². The number of anilines is 1. The van der Waals surface area contributed by atoms with Gasteiger partial charge in [-0.05, 0) is 25.1 Å². The summed E-state index contributed by atoms with van der Waals surface area (Å²) in [6.07, 6.45) is 2.39. The van der Waals surface area contributed by atoms with Crippen molar-refractivity contribution < 1.29 is 4.74 Å². The molecule has 0 fully saturated rings. The van der Waals surface area contributed by atoms with E-state index in [0.29, 0.717) is 5.92 Å². The van der Waals surface area contributed by atoms with Crippen molar-refractivity contribution in [1.82, 2.24) is 0 Å². The van der Waals surface area contributed by atoms with Crippen molar-refractivity contribution >= 4 is 11.4 Å². The summed E-state index contributed by atoms with van der Waals surface area (Å²) in [7, 11) is 0. The molecule has 0 spiro atoms. The zero-order valence-electron chi connectivity index (χ0n) is 8.53. The fourth-order valence-electron chi connectivity index (χ4n) is 1.60. The summed E-state index contributed by atoms with van der Waals surface area (Å²) >= 11 is 0. The van der Waals surface area contributed by atoms with Gasteiger partial charge in [0.1, 0.15) is 11.9 Å². The number of nitrogen functional groups attached to an aromatic ring is 1. The van der Waals surface area contributed by atoms with E-state index >= 15 is 0 Å². The number of ether oxygens (including phenoxy) is 1. The molecule has 0 amide bonds. The highest BCUT2D eigenvalue weighted by Crippen LogP contribution is 2.32. The molecule has 1 heterocycles. The Morgan fingerprint density at radius 3 is 2.50 bits per heavy atom. The predicted octanol–water partition coefficient (Wildman–Crippen LogP) is 2.66. The van der Waals surface area contributed by atoms with Crippen LogP contribution in [0.3, 0.4) is 0 Å². The fourth-order valence-corrected chi connectivity index (χ4v) is 1.60. The third-order valence-electron chi connectivity index (χ3n) is 2.69. The molecule has 1 aromatic carbocycles. The van der Waals surface area contributed by atoms with E-state index in [2.05, 4.69) is 19.9 Å². The van der Waals surface area contributed by atoms with Crippen LogP contribution in [0.25, 0.3) is 5.76 Å². The van der Waals surface area contributed by atoms with Crippen LogP contribution < -0.4 is 5.73 Å². The molecule has 1 aliphatic heterocycles. The van der Waals surface area contributed by atoms with Gasteiger partial charge in [-0.3, -0.25) is 0 Å². The van der Waals surface area contributed by atoms with Crippen LogP contribution in [0.1, 0.15) is 19.4 Å². The third-order valence-corrected chi connectivity index (χ3v) is 2.69. The van der Waals surface area contributed by atoms with Crippen LogP contribution in [0.5, 0.6) is 0 Å². The summed E-state index contributed by atoms with van der Waals surface area (Å²) in [5, 5.41) is 0. The van der Waals surface area contributed by atoms with Gasteiger partial charge in [0.2, 0.25) is 0 Å². The first kappa shape index (κ1) is 9.13. The first-order valence-corrected chi connectivity index (χ1v) is 4.92. The van der Waals surface area contributed by atoms with Gasteiger partial charge in [0.25, 0.3) is 0 Å². The monoisotopic (exact) mass is 189 g/mol. The van der Waals surface area contributed by atoms with Gasteiger partial charge in [0.15, 0.2) is 0 Å². The van der Waals surface area contributed by atoms with Crippen LogP contribution in [0.15, 0.2) is 30.3 Å². The van der Waals surface area contributed by atoms with Crippen molar-refractivity contribution in [3.05, 3.63) is 35.9 Å².